The average molecular weight is 212 g/mol. The Labute approximate surface area is 88.9 Å². The molecule has 1 rings (SSSR count). The van der Waals surface area contributed by atoms with E-state index in [0.717, 1.165) is 0 Å². The van der Waals surface area contributed by atoms with Crippen LogP contribution in [-0.4, -0.2) is 22.2 Å². The molecule has 1 aliphatic carbocycles. The second-order valence-corrected chi connectivity index (χ2v) is 3.12. The van der Waals surface area contributed by atoms with Crippen LogP contribution in [0.1, 0.15) is 32.1 Å². The maximum Gasteiger partial charge on any atom is 0.328 e. The lowest BCUT2D eigenvalue weighted by atomic mass is 10.2. The largest absolute Gasteiger partial charge is 0.478 e. The Kier molecular flexibility index (Phi) is 8.05. The number of hydrogen-bond donors (Lipinski definition) is 2. The molecule has 0 unspecified atom stereocenters. The fourth-order valence-electron chi connectivity index (χ4n) is 1.08. The summed E-state index contributed by atoms with van der Waals surface area (Å²) in [5, 5.41) is 15.6. The van der Waals surface area contributed by atoms with E-state index >= 15 is 0 Å². The third-order valence-corrected chi connectivity index (χ3v) is 1.78. The maximum atomic E-state index is 9.55. The molecule has 15 heavy (non-hydrogen) atoms. The molecule has 0 saturated heterocycles. The minimum absolute atomic E-state index is 0.558. The van der Waals surface area contributed by atoms with Gasteiger partial charge in [-0.15, -0.1) is 0 Å². The molecule has 0 fully saturated rings. The Morgan fingerprint density at radius 3 is 1.60 bits per heavy atom. The Balaban J connectivity index is 0.000000262. The summed E-state index contributed by atoms with van der Waals surface area (Å²) in [5.74, 6) is -2.51. The number of allylic oxidation sites excluding steroid dienone is 2. The van der Waals surface area contributed by atoms with Gasteiger partial charge >= 0.3 is 11.9 Å². The molecule has 4 heteroatoms. The van der Waals surface area contributed by atoms with Gasteiger partial charge in [0.2, 0.25) is 0 Å². The Bertz CT molecular complexity index is 229. The van der Waals surface area contributed by atoms with Crippen molar-refractivity contribution < 1.29 is 19.8 Å². The van der Waals surface area contributed by atoms with Crippen molar-refractivity contribution in [1.29, 1.82) is 0 Å². The van der Waals surface area contributed by atoms with Gasteiger partial charge in [-0.2, -0.15) is 0 Å². The summed E-state index contributed by atoms with van der Waals surface area (Å²) in [5.41, 5.74) is 0. The summed E-state index contributed by atoms with van der Waals surface area (Å²) in [6.45, 7) is 0. The molecular formula is C11H16O4. The van der Waals surface area contributed by atoms with Crippen LogP contribution >= 0.6 is 0 Å². The monoisotopic (exact) mass is 212 g/mol. The summed E-state index contributed by atoms with van der Waals surface area (Å²) >= 11 is 0. The summed E-state index contributed by atoms with van der Waals surface area (Å²) in [6, 6.07) is 0. The van der Waals surface area contributed by atoms with Gasteiger partial charge in [-0.05, 0) is 25.7 Å². The first-order valence-corrected chi connectivity index (χ1v) is 4.92. The maximum absolute atomic E-state index is 9.55. The zero-order chi connectivity index (χ0) is 11.5. The Hall–Kier alpha value is -1.58. The van der Waals surface area contributed by atoms with Crippen LogP contribution in [0, 0.1) is 0 Å². The van der Waals surface area contributed by atoms with Gasteiger partial charge in [0.15, 0.2) is 0 Å². The molecule has 0 heterocycles. The van der Waals surface area contributed by atoms with E-state index in [9.17, 15) is 9.59 Å². The molecule has 84 valence electrons. The highest BCUT2D eigenvalue weighted by molar-refractivity contribution is 5.89. The quantitative estimate of drug-likeness (QED) is 0.543. The second kappa shape index (κ2) is 8.99. The Morgan fingerprint density at radius 2 is 1.27 bits per heavy atom. The van der Waals surface area contributed by atoms with Gasteiger partial charge < -0.3 is 10.2 Å². The number of carboxylic acid groups (broad SMARTS) is 2. The van der Waals surface area contributed by atoms with E-state index in [1.807, 2.05) is 0 Å². The summed E-state index contributed by atoms with van der Waals surface area (Å²) in [6.07, 6.45) is 12.6. The number of carbonyl (C=O) groups is 2. The van der Waals surface area contributed by atoms with E-state index in [0.29, 0.717) is 12.2 Å². The van der Waals surface area contributed by atoms with E-state index < -0.39 is 11.9 Å². The SMILES string of the molecule is C1=CCCCCC1.O=C(O)C=CC(=O)O. The van der Waals surface area contributed by atoms with E-state index in [-0.39, 0.29) is 0 Å². The van der Waals surface area contributed by atoms with E-state index in [2.05, 4.69) is 12.2 Å². The molecule has 0 aliphatic heterocycles. The molecule has 1 aliphatic rings. The molecule has 0 spiro atoms. The van der Waals surface area contributed by atoms with Crippen molar-refractivity contribution in [1.82, 2.24) is 0 Å². The van der Waals surface area contributed by atoms with Gasteiger partial charge in [0.25, 0.3) is 0 Å². The second-order valence-electron chi connectivity index (χ2n) is 3.12. The molecule has 0 saturated carbocycles. The van der Waals surface area contributed by atoms with Crippen LogP contribution in [-0.2, 0) is 9.59 Å². The minimum atomic E-state index is -1.26. The van der Waals surface area contributed by atoms with Crippen molar-refractivity contribution in [3.8, 4) is 0 Å². The predicted octanol–water partition coefficient (Wildman–Crippen LogP) is 2.22. The van der Waals surface area contributed by atoms with Crippen LogP contribution < -0.4 is 0 Å². The van der Waals surface area contributed by atoms with Crippen molar-refractivity contribution in [3.63, 3.8) is 0 Å². The van der Waals surface area contributed by atoms with Crippen LogP contribution in [0.2, 0.25) is 0 Å². The number of aliphatic carboxylic acids is 2. The standard InChI is InChI=1S/C7H12.C4H4O4/c1-2-4-6-7-5-3-1;5-3(6)1-2-4(7)8/h1-2H,3-7H2;1-2H,(H,5,6)(H,7,8). The van der Waals surface area contributed by atoms with Crippen LogP contribution in [0.4, 0.5) is 0 Å². The highest BCUT2D eigenvalue weighted by Gasteiger charge is 1.89. The number of carboxylic acids is 2. The molecule has 2 N–H and O–H groups in total. The van der Waals surface area contributed by atoms with Gasteiger partial charge in [-0.3, -0.25) is 0 Å². The molecule has 0 aromatic heterocycles. The zero-order valence-corrected chi connectivity index (χ0v) is 8.56. The predicted molar refractivity (Wildman–Crippen MR) is 56.6 cm³/mol. The summed E-state index contributed by atoms with van der Waals surface area (Å²) in [4.78, 5) is 19.1. The molecule has 0 aromatic rings. The molecule has 0 aromatic carbocycles. The fourth-order valence-corrected chi connectivity index (χ4v) is 1.08. The van der Waals surface area contributed by atoms with Crippen molar-refractivity contribution >= 4 is 11.9 Å². The minimum Gasteiger partial charge on any atom is -0.478 e. The van der Waals surface area contributed by atoms with Crippen molar-refractivity contribution in [2.45, 2.75) is 32.1 Å². The van der Waals surface area contributed by atoms with Gasteiger partial charge in [-0.25, -0.2) is 9.59 Å². The van der Waals surface area contributed by atoms with Crippen molar-refractivity contribution in [3.05, 3.63) is 24.3 Å². The lowest BCUT2D eigenvalue weighted by Crippen LogP contribution is -1.91. The number of hydrogen-bond acceptors (Lipinski definition) is 2. The first-order valence-electron chi connectivity index (χ1n) is 4.92. The van der Waals surface area contributed by atoms with Crippen LogP contribution in [0.15, 0.2) is 24.3 Å². The summed E-state index contributed by atoms with van der Waals surface area (Å²) in [7, 11) is 0. The molecule has 4 nitrogen and oxygen atoms in total. The highest BCUT2D eigenvalue weighted by atomic mass is 16.4. The van der Waals surface area contributed by atoms with Crippen molar-refractivity contribution in [2.24, 2.45) is 0 Å². The smallest absolute Gasteiger partial charge is 0.328 e. The van der Waals surface area contributed by atoms with E-state index in [1.165, 1.54) is 32.1 Å². The molecule has 0 atom stereocenters. The fraction of sp³-hybridized carbons (Fsp3) is 0.455. The first kappa shape index (κ1) is 13.4. The lowest BCUT2D eigenvalue weighted by molar-refractivity contribution is -0.134. The zero-order valence-electron chi connectivity index (χ0n) is 8.56. The molecular weight excluding hydrogens is 196 g/mol. The molecule has 0 amide bonds. The van der Waals surface area contributed by atoms with Gasteiger partial charge in [-0.1, -0.05) is 18.6 Å². The van der Waals surface area contributed by atoms with Crippen molar-refractivity contribution in [2.75, 3.05) is 0 Å². The lowest BCUT2D eigenvalue weighted by Gasteiger charge is -1.86. The average Bonchev–Trinajstić information content (AvgIpc) is 2.47. The molecule has 0 bridgehead atoms. The van der Waals surface area contributed by atoms with Crippen LogP contribution in [0.3, 0.4) is 0 Å². The topological polar surface area (TPSA) is 74.6 Å². The van der Waals surface area contributed by atoms with Gasteiger partial charge in [0, 0.05) is 12.2 Å². The Morgan fingerprint density at radius 1 is 0.867 bits per heavy atom. The third kappa shape index (κ3) is 12.4. The first-order chi connectivity index (χ1) is 7.13. The van der Waals surface area contributed by atoms with E-state index in [4.69, 9.17) is 10.2 Å². The van der Waals surface area contributed by atoms with E-state index in [1.54, 1.807) is 0 Å². The highest BCUT2D eigenvalue weighted by Crippen LogP contribution is 2.08. The van der Waals surface area contributed by atoms with Crippen LogP contribution in [0.5, 0.6) is 0 Å². The molecule has 0 radical (unpaired) electrons. The number of rotatable bonds is 2. The third-order valence-electron chi connectivity index (χ3n) is 1.78. The summed E-state index contributed by atoms with van der Waals surface area (Å²) < 4.78 is 0. The van der Waals surface area contributed by atoms with Crippen LogP contribution in [0.25, 0.3) is 0 Å². The van der Waals surface area contributed by atoms with Gasteiger partial charge in [0.05, 0.1) is 0 Å². The normalized spacial score (nSPS) is 15.2. The van der Waals surface area contributed by atoms with Gasteiger partial charge in [0.1, 0.15) is 0 Å².